The summed E-state index contributed by atoms with van der Waals surface area (Å²) in [5, 5.41) is 12.8. The van der Waals surface area contributed by atoms with Crippen molar-refractivity contribution in [3.05, 3.63) is 23.8 Å². The zero-order valence-corrected chi connectivity index (χ0v) is 12.7. The third-order valence-electron chi connectivity index (χ3n) is 4.35. The van der Waals surface area contributed by atoms with Gasteiger partial charge in [0, 0.05) is 11.5 Å². The predicted molar refractivity (Wildman–Crippen MR) is 82.6 cm³/mol. The van der Waals surface area contributed by atoms with Gasteiger partial charge in [0.1, 0.15) is 5.75 Å². The van der Waals surface area contributed by atoms with Crippen LogP contribution in [-0.2, 0) is 14.3 Å². The topological polar surface area (TPSA) is 67.8 Å². The van der Waals surface area contributed by atoms with Crippen LogP contribution in [0.25, 0.3) is 0 Å². The van der Waals surface area contributed by atoms with E-state index in [1.54, 1.807) is 18.2 Å². The van der Waals surface area contributed by atoms with Gasteiger partial charge in [0.15, 0.2) is 6.29 Å². The summed E-state index contributed by atoms with van der Waals surface area (Å²) in [6.45, 7) is 1.32. The minimum absolute atomic E-state index is 0.00219. The van der Waals surface area contributed by atoms with Gasteiger partial charge in [0.2, 0.25) is 5.91 Å². The fraction of sp³-hybridized carbons (Fsp3) is 0.588. The molecular weight excluding hydrogens is 282 g/mol. The monoisotopic (exact) mass is 305 g/mol. The molecular formula is C17H23NO4. The Morgan fingerprint density at radius 1 is 1.09 bits per heavy atom. The number of hydrogen-bond acceptors (Lipinski definition) is 4. The minimum atomic E-state index is -0.417. The first-order valence-electron chi connectivity index (χ1n) is 8.11. The van der Waals surface area contributed by atoms with Crippen molar-refractivity contribution in [1.29, 1.82) is 0 Å². The number of hydrogen-bond donors (Lipinski definition) is 2. The Kier molecular flexibility index (Phi) is 4.95. The Hall–Kier alpha value is -1.59. The van der Waals surface area contributed by atoms with E-state index >= 15 is 0 Å². The molecule has 5 heteroatoms. The quantitative estimate of drug-likeness (QED) is 0.840. The van der Waals surface area contributed by atoms with Gasteiger partial charge in [-0.3, -0.25) is 4.79 Å². The van der Waals surface area contributed by atoms with Crippen LogP contribution in [0.1, 0.15) is 50.4 Å². The molecule has 1 amide bonds. The zero-order valence-electron chi connectivity index (χ0n) is 12.7. The van der Waals surface area contributed by atoms with Gasteiger partial charge in [-0.1, -0.05) is 25.3 Å². The second kappa shape index (κ2) is 7.11. The van der Waals surface area contributed by atoms with Gasteiger partial charge in [-0.2, -0.15) is 0 Å². The fourth-order valence-corrected chi connectivity index (χ4v) is 3.08. The number of phenolic OH excluding ortho intramolecular Hbond substituents is 1. The molecule has 2 N–H and O–H groups in total. The van der Waals surface area contributed by atoms with Crippen LogP contribution in [0.15, 0.2) is 18.2 Å². The maximum absolute atomic E-state index is 12.3. The summed E-state index contributed by atoms with van der Waals surface area (Å²) in [6, 6.07) is 5.08. The highest BCUT2D eigenvalue weighted by molar-refractivity contribution is 5.94. The van der Waals surface area contributed by atoms with E-state index in [-0.39, 0.29) is 17.6 Å². The number of anilines is 1. The van der Waals surface area contributed by atoms with Crippen molar-refractivity contribution in [3.8, 4) is 5.75 Å². The number of ether oxygens (including phenoxy) is 2. The van der Waals surface area contributed by atoms with E-state index in [4.69, 9.17) is 9.47 Å². The molecule has 0 unspecified atom stereocenters. The average Bonchev–Trinajstić information content (AvgIpc) is 2.58. The zero-order chi connectivity index (χ0) is 15.4. The second-order valence-electron chi connectivity index (χ2n) is 6.03. The van der Waals surface area contributed by atoms with Gasteiger partial charge < -0.3 is 19.9 Å². The van der Waals surface area contributed by atoms with Crippen LogP contribution < -0.4 is 5.32 Å². The highest BCUT2D eigenvalue weighted by Gasteiger charge is 2.23. The number of nitrogens with one attached hydrogen (secondary N) is 1. The van der Waals surface area contributed by atoms with Crippen molar-refractivity contribution in [1.82, 2.24) is 0 Å². The van der Waals surface area contributed by atoms with Crippen LogP contribution in [0, 0.1) is 5.92 Å². The minimum Gasteiger partial charge on any atom is -0.506 e. The molecule has 0 aromatic heterocycles. The van der Waals surface area contributed by atoms with E-state index in [9.17, 15) is 9.90 Å². The lowest BCUT2D eigenvalue weighted by Gasteiger charge is -2.24. The van der Waals surface area contributed by atoms with E-state index < -0.39 is 6.29 Å². The number of carbonyl (C=O) groups is 1. The van der Waals surface area contributed by atoms with Gasteiger partial charge in [-0.15, -0.1) is 0 Å². The summed E-state index contributed by atoms with van der Waals surface area (Å²) in [7, 11) is 0. The van der Waals surface area contributed by atoms with Gasteiger partial charge in [-0.25, -0.2) is 0 Å². The first kappa shape index (κ1) is 15.3. The van der Waals surface area contributed by atoms with E-state index in [2.05, 4.69) is 5.32 Å². The summed E-state index contributed by atoms with van der Waals surface area (Å²) >= 11 is 0. The first-order chi connectivity index (χ1) is 10.7. The number of aromatic hydroxyl groups is 1. The van der Waals surface area contributed by atoms with E-state index in [0.717, 1.165) is 37.7 Å². The molecule has 1 saturated carbocycles. The Bertz CT molecular complexity index is 519. The third-order valence-corrected chi connectivity index (χ3v) is 4.35. The standard InChI is InChI=1S/C17H23NO4/c19-15-8-7-13(17-21-9-4-10-22-17)11-14(15)18-16(20)12-5-2-1-3-6-12/h7-8,11-12,17,19H,1-6,9-10H2,(H,18,20). The Morgan fingerprint density at radius 3 is 2.55 bits per heavy atom. The fourth-order valence-electron chi connectivity index (χ4n) is 3.08. The number of carbonyl (C=O) groups excluding carboxylic acids is 1. The largest absolute Gasteiger partial charge is 0.506 e. The first-order valence-corrected chi connectivity index (χ1v) is 8.11. The molecule has 1 saturated heterocycles. The summed E-state index contributed by atoms with van der Waals surface area (Å²) in [5.74, 6) is 0.125. The lowest BCUT2D eigenvalue weighted by atomic mass is 9.88. The molecule has 5 nitrogen and oxygen atoms in total. The van der Waals surface area contributed by atoms with Gasteiger partial charge in [0.05, 0.1) is 18.9 Å². The molecule has 1 aliphatic heterocycles. The molecule has 22 heavy (non-hydrogen) atoms. The lowest BCUT2D eigenvalue weighted by molar-refractivity contribution is -0.183. The molecule has 1 aliphatic carbocycles. The highest BCUT2D eigenvalue weighted by atomic mass is 16.7. The molecule has 1 aromatic rings. The summed E-state index contributed by atoms with van der Waals surface area (Å²) in [4.78, 5) is 12.3. The maximum atomic E-state index is 12.3. The van der Waals surface area contributed by atoms with E-state index in [1.165, 1.54) is 6.42 Å². The number of rotatable bonds is 3. The highest BCUT2D eigenvalue weighted by Crippen LogP contribution is 2.32. The van der Waals surface area contributed by atoms with E-state index in [0.29, 0.717) is 18.9 Å². The van der Waals surface area contributed by atoms with Crippen LogP contribution in [0.4, 0.5) is 5.69 Å². The molecule has 0 bridgehead atoms. The summed E-state index contributed by atoms with van der Waals surface area (Å²) in [5.41, 5.74) is 1.25. The molecule has 120 valence electrons. The van der Waals surface area contributed by atoms with Crippen molar-refractivity contribution in [3.63, 3.8) is 0 Å². The Morgan fingerprint density at radius 2 is 1.82 bits per heavy atom. The molecule has 0 atom stereocenters. The molecule has 2 fully saturated rings. The number of phenols is 1. The van der Waals surface area contributed by atoms with Gasteiger partial charge in [0.25, 0.3) is 0 Å². The SMILES string of the molecule is O=C(Nc1cc(C2OCCCO2)ccc1O)C1CCCCC1. The van der Waals surface area contributed by atoms with Gasteiger partial charge in [-0.05, 0) is 31.4 Å². The molecule has 1 aromatic carbocycles. The van der Waals surface area contributed by atoms with Crippen LogP contribution in [0.5, 0.6) is 5.75 Å². The molecule has 0 spiro atoms. The van der Waals surface area contributed by atoms with Crippen LogP contribution in [0.3, 0.4) is 0 Å². The average molecular weight is 305 g/mol. The molecule has 0 radical (unpaired) electrons. The van der Waals surface area contributed by atoms with Crippen LogP contribution in [-0.4, -0.2) is 24.2 Å². The summed E-state index contributed by atoms with van der Waals surface area (Å²) in [6.07, 6.45) is 5.75. The van der Waals surface area contributed by atoms with E-state index in [1.807, 2.05) is 0 Å². The van der Waals surface area contributed by atoms with Crippen LogP contribution >= 0.6 is 0 Å². The van der Waals surface area contributed by atoms with Crippen molar-refractivity contribution < 1.29 is 19.4 Å². The third kappa shape index (κ3) is 3.59. The van der Waals surface area contributed by atoms with Crippen molar-refractivity contribution >= 4 is 11.6 Å². The Balaban J connectivity index is 1.70. The van der Waals surface area contributed by atoms with Crippen molar-refractivity contribution in [2.75, 3.05) is 18.5 Å². The Labute approximate surface area is 130 Å². The van der Waals surface area contributed by atoms with Crippen LogP contribution in [0.2, 0.25) is 0 Å². The predicted octanol–water partition coefficient (Wildman–Crippen LogP) is 3.35. The number of benzene rings is 1. The molecule has 2 aliphatic rings. The molecule has 1 heterocycles. The van der Waals surface area contributed by atoms with Crippen molar-refractivity contribution in [2.24, 2.45) is 5.92 Å². The summed E-state index contributed by atoms with van der Waals surface area (Å²) < 4.78 is 11.1. The number of amides is 1. The normalized spacial score (nSPS) is 20.7. The second-order valence-corrected chi connectivity index (χ2v) is 6.03. The smallest absolute Gasteiger partial charge is 0.227 e. The molecule has 3 rings (SSSR count). The maximum Gasteiger partial charge on any atom is 0.227 e. The van der Waals surface area contributed by atoms with Crippen molar-refractivity contribution in [2.45, 2.75) is 44.8 Å². The lowest BCUT2D eigenvalue weighted by Crippen LogP contribution is -2.25. The van der Waals surface area contributed by atoms with Gasteiger partial charge >= 0.3 is 0 Å².